The van der Waals surface area contributed by atoms with Crippen molar-refractivity contribution < 1.29 is 9.52 Å². The van der Waals surface area contributed by atoms with E-state index in [4.69, 9.17) is 4.42 Å². The lowest BCUT2D eigenvalue weighted by atomic mass is 10.1. The van der Waals surface area contributed by atoms with Crippen LogP contribution in [0.2, 0.25) is 19.6 Å². The number of hydrogen-bond donors (Lipinski definition) is 1. The summed E-state index contributed by atoms with van der Waals surface area (Å²) in [4.78, 5) is 0. The molecule has 1 aromatic heterocycles. The highest BCUT2D eigenvalue weighted by Gasteiger charge is 2.27. The third-order valence-electron chi connectivity index (χ3n) is 1.62. The first-order valence-electron chi connectivity index (χ1n) is 4.78. The maximum Gasteiger partial charge on any atom is 0.260 e. The highest BCUT2D eigenvalue weighted by Crippen LogP contribution is 2.18. The van der Waals surface area contributed by atoms with Gasteiger partial charge in [-0.1, -0.05) is 25.6 Å². The third-order valence-corrected chi connectivity index (χ3v) is 2.50. The molecule has 0 radical (unpaired) electrons. The van der Waals surface area contributed by atoms with E-state index in [0.717, 1.165) is 0 Å². The monoisotopic (exact) mass is 224 g/mol. The van der Waals surface area contributed by atoms with Crippen LogP contribution in [0.1, 0.15) is 18.7 Å². The largest absolute Gasteiger partial charge is 0.421 e. The minimum absolute atomic E-state index is 0.158. The van der Waals surface area contributed by atoms with E-state index in [-0.39, 0.29) is 5.89 Å². The van der Waals surface area contributed by atoms with Crippen molar-refractivity contribution in [2.24, 2.45) is 0 Å². The van der Waals surface area contributed by atoms with Gasteiger partial charge in [-0.15, -0.1) is 15.7 Å². The predicted molar refractivity (Wildman–Crippen MR) is 59.7 cm³/mol. The van der Waals surface area contributed by atoms with Crippen molar-refractivity contribution in [1.82, 2.24) is 10.2 Å². The Morgan fingerprint density at radius 3 is 2.33 bits per heavy atom. The van der Waals surface area contributed by atoms with Crippen molar-refractivity contribution >= 4 is 8.07 Å². The first-order valence-corrected chi connectivity index (χ1v) is 8.28. The molecule has 0 bridgehead atoms. The summed E-state index contributed by atoms with van der Waals surface area (Å²) in [5.74, 6) is 3.39. The first-order chi connectivity index (χ1) is 6.71. The number of hydrogen-bond acceptors (Lipinski definition) is 4. The Morgan fingerprint density at radius 1 is 1.33 bits per heavy atom. The molecule has 0 aliphatic carbocycles. The van der Waals surface area contributed by atoms with Crippen LogP contribution < -0.4 is 0 Å². The van der Waals surface area contributed by atoms with E-state index < -0.39 is 13.7 Å². The molecule has 82 valence electrons. The van der Waals surface area contributed by atoms with E-state index in [1.54, 1.807) is 13.8 Å². The van der Waals surface area contributed by atoms with Crippen LogP contribution in [-0.4, -0.2) is 23.4 Å². The molecular weight excluding hydrogens is 208 g/mol. The van der Waals surface area contributed by atoms with Gasteiger partial charge in [0.2, 0.25) is 11.5 Å². The average molecular weight is 224 g/mol. The molecule has 0 fully saturated rings. The number of nitrogens with zero attached hydrogens (tertiary/aromatic N) is 2. The number of rotatable bonds is 1. The fraction of sp³-hybridized carbons (Fsp3) is 0.600. The summed E-state index contributed by atoms with van der Waals surface area (Å²) in [5, 5.41) is 17.4. The predicted octanol–water partition coefficient (Wildman–Crippen LogP) is 1.47. The molecule has 0 aliphatic heterocycles. The van der Waals surface area contributed by atoms with Crippen LogP contribution in [0.3, 0.4) is 0 Å². The molecule has 1 heterocycles. The van der Waals surface area contributed by atoms with Gasteiger partial charge in [0, 0.05) is 6.92 Å². The maximum atomic E-state index is 10.0. The van der Waals surface area contributed by atoms with Crippen LogP contribution in [0, 0.1) is 18.4 Å². The Hall–Kier alpha value is -1.12. The summed E-state index contributed by atoms with van der Waals surface area (Å²) in [5.41, 5.74) is 1.74. The fourth-order valence-corrected chi connectivity index (χ4v) is 1.47. The van der Waals surface area contributed by atoms with Crippen molar-refractivity contribution in [1.29, 1.82) is 0 Å². The van der Waals surface area contributed by atoms with Crippen LogP contribution in [-0.2, 0) is 5.60 Å². The molecule has 15 heavy (non-hydrogen) atoms. The fourth-order valence-electron chi connectivity index (χ4n) is 0.856. The van der Waals surface area contributed by atoms with Gasteiger partial charge < -0.3 is 9.52 Å². The van der Waals surface area contributed by atoms with Gasteiger partial charge >= 0.3 is 0 Å². The summed E-state index contributed by atoms with van der Waals surface area (Å²) >= 11 is 0. The highest BCUT2D eigenvalue weighted by atomic mass is 28.3. The molecular formula is C10H16N2O2Si. The van der Waals surface area contributed by atoms with Gasteiger partial charge in [0.15, 0.2) is 0 Å². The van der Waals surface area contributed by atoms with E-state index in [1.165, 1.54) is 0 Å². The van der Waals surface area contributed by atoms with Gasteiger partial charge in [0.05, 0.1) is 0 Å². The van der Waals surface area contributed by atoms with E-state index in [0.29, 0.717) is 5.89 Å². The molecule has 1 unspecified atom stereocenters. The first kappa shape index (κ1) is 11.9. The second kappa shape index (κ2) is 3.80. The van der Waals surface area contributed by atoms with Crippen LogP contribution in [0.5, 0.6) is 0 Å². The van der Waals surface area contributed by atoms with E-state index in [2.05, 4.69) is 41.3 Å². The molecule has 0 saturated heterocycles. The Kier molecular flexibility index (Phi) is 3.02. The second-order valence-electron chi connectivity index (χ2n) is 4.70. The van der Waals surface area contributed by atoms with Gasteiger partial charge in [0.1, 0.15) is 8.07 Å². The lowest BCUT2D eigenvalue weighted by Crippen LogP contribution is -2.23. The zero-order valence-corrected chi connectivity index (χ0v) is 10.7. The second-order valence-corrected chi connectivity index (χ2v) is 9.45. The Bertz CT molecular complexity index is 407. The maximum absolute atomic E-state index is 10.0. The van der Waals surface area contributed by atoms with Crippen LogP contribution in [0.25, 0.3) is 0 Å². The van der Waals surface area contributed by atoms with Crippen LogP contribution in [0.4, 0.5) is 0 Å². The number of aryl methyl sites for hydroxylation is 1. The molecule has 1 atom stereocenters. The zero-order chi connectivity index (χ0) is 11.7. The normalized spacial score (nSPS) is 15.3. The quantitative estimate of drug-likeness (QED) is 0.579. The molecule has 0 aliphatic rings. The Balaban J connectivity index is 2.97. The summed E-state index contributed by atoms with van der Waals surface area (Å²) < 4.78 is 5.15. The smallest absolute Gasteiger partial charge is 0.260 e. The minimum Gasteiger partial charge on any atom is -0.421 e. The van der Waals surface area contributed by atoms with E-state index >= 15 is 0 Å². The number of aliphatic hydroxyl groups is 1. The van der Waals surface area contributed by atoms with Crippen molar-refractivity contribution in [3.05, 3.63) is 11.8 Å². The van der Waals surface area contributed by atoms with Crippen molar-refractivity contribution in [3.63, 3.8) is 0 Å². The summed E-state index contributed by atoms with van der Waals surface area (Å²) in [6.07, 6.45) is 0. The van der Waals surface area contributed by atoms with Crippen molar-refractivity contribution in [2.45, 2.75) is 39.1 Å². The van der Waals surface area contributed by atoms with Crippen molar-refractivity contribution in [3.8, 4) is 11.5 Å². The van der Waals surface area contributed by atoms with Crippen LogP contribution in [0.15, 0.2) is 4.42 Å². The molecule has 0 spiro atoms. The standard InChI is InChI=1S/C10H16N2O2Si/c1-8-11-12-9(14-8)10(2,13)6-7-15(3,4)5/h13H,1-5H3. The molecule has 4 nitrogen and oxygen atoms in total. The molecule has 1 N–H and O–H groups in total. The van der Waals surface area contributed by atoms with E-state index in [9.17, 15) is 5.11 Å². The minimum atomic E-state index is -1.50. The SMILES string of the molecule is Cc1nnc(C(C)(O)C#C[Si](C)(C)C)o1. The van der Waals surface area contributed by atoms with E-state index in [1.807, 2.05) is 0 Å². The Morgan fingerprint density at radius 2 is 1.93 bits per heavy atom. The molecule has 1 rings (SSSR count). The van der Waals surface area contributed by atoms with Gasteiger partial charge in [-0.05, 0) is 6.92 Å². The zero-order valence-electron chi connectivity index (χ0n) is 9.75. The van der Waals surface area contributed by atoms with Crippen molar-refractivity contribution in [2.75, 3.05) is 0 Å². The van der Waals surface area contributed by atoms with Crippen LogP contribution >= 0.6 is 0 Å². The number of aromatic nitrogens is 2. The lowest BCUT2D eigenvalue weighted by Gasteiger charge is -2.12. The molecule has 0 saturated carbocycles. The topological polar surface area (TPSA) is 59.2 Å². The molecule has 1 aromatic rings. The molecule has 0 aromatic carbocycles. The highest BCUT2D eigenvalue weighted by molar-refractivity contribution is 6.83. The lowest BCUT2D eigenvalue weighted by molar-refractivity contribution is 0.0882. The van der Waals surface area contributed by atoms with Gasteiger partial charge in [-0.2, -0.15) is 0 Å². The third kappa shape index (κ3) is 3.50. The van der Waals surface area contributed by atoms with Gasteiger partial charge in [0.25, 0.3) is 5.89 Å². The summed E-state index contributed by atoms with van der Waals surface area (Å²) in [6, 6.07) is 0. The summed E-state index contributed by atoms with van der Waals surface area (Å²) in [7, 11) is -1.50. The Labute approximate surface area is 90.7 Å². The van der Waals surface area contributed by atoms with Gasteiger partial charge in [-0.25, -0.2) is 0 Å². The average Bonchev–Trinajstić information content (AvgIpc) is 2.48. The summed E-state index contributed by atoms with van der Waals surface area (Å²) in [6.45, 7) is 9.56. The molecule has 0 amide bonds. The molecule has 5 heteroatoms. The van der Waals surface area contributed by atoms with Gasteiger partial charge in [-0.3, -0.25) is 0 Å².